The normalized spacial score (nSPS) is 11.7. The Kier molecular flexibility index (Phi) is 7.25. The highest BCUT2D eigenvalue weighted by Crippen LogP contribution is 2.38. The van der Waals surface area contributed by atoms with E-state index in [1.165, 1.54) is 16.9 Å². The molecule has 0 unspecified atom stereocenters. The minimum absolute atomic E-state index is 0.0205. The summed E-state index contributed by atoms with van der Waals surface area (Å²) in [6, 6.07) is 13.8. The number of benzene rings is 2. The smallest absolute Gasteiger partial charge is 0.309 e. The van der Waals surface area contributed by atoms with E-state index in [0.29, 0.717) is 40.3 Å². The Balaban J connectivity index is 1.69. The summed E-state index contributed by atoms with van der Waals surface area (Å²) in [7, 11) is 3.69. The number of amides is 1. The van der Waals surface area contributed by atoms with E-state index in [9.17, 15) is 18.0 Å². The second-order valence-electron chi connectivity index (χ2n) is 9.58. The van der Waals surface area contributed by atoms with Crippen molar-refractivity contribution in [3.63, 3.8) is 0 Å². The fraction of sp³-hybridized carbons (Fsp3) is 0.214. The maximum absolute atomic E-state index is 13.6. The molecule has 0 radical (unpaired) electrons. The van der Waals surface area contributed by atoms with Crippen molar-refractivity contribution in [3.05, 3.63) is 77.7 Å². The Labute approximate surface area is 232 Å². The van der Waals surface area contributed by atoms with Gasteiger partial charge in [-0.3, -0.25) is 10.1 Å². The van der Waals surface area contributed by atoms with Crippen molar-refractivity contribution in [2.24, 2.45) is 0 Å². The van der Waals surface area contributed by atoms with Crippen LogP contribution in [0.25, 0.3) is 33.8 Å². The molecule has 5 rings (SSSR count). The molecule has 0 fully saturated rings. The van der Waals surface area contributed by atoms with E-state index in [4.69, 9.17) is 5.26 Å². The third kappa shape index (κ3) is 5.64. The average Bonchev–Trinajstić information content (AvgIpc) is 3.58. The van der Waals surface area contributed by atoms with Crippen molar-refractivity contribution in [1.82, 2.24) is 34.3 Å². The van der Waals surface area contributed by atoms with Crippen LogP contribution in [0.1, 0.15) is 23.1 Å². The van der Waals surface area contributed by atoms with Crippen LogP contribution < -0.4 is 5.32 Å². The van der Waals surface area contributed by atoms with Crippen LogP contribution in [0.3, 0.4) is 0 Å². The first kappa shape index (κ1) is 27.5. The summed E-state index contributed by atoms with van der Waals surface area (Å²) in [5.41, 5.74) is 2.33. The van der Waals surface area contributed by atoms with Gasteiger partial charge in [-0.25, -0.2) is 14.2 Å². The van der Waals surface area contributed by atoms with Crippen LogP contribution >= 0.6 is 0 Å². The molecule has 0 bridgehead atoms. The molecule has 13 heteroatoms. The lowest BCUT2D eigenvalue weighted by Crippen LogP contribution is -2.21. The molecule has 0 spiro atoms. The molecular formula is C28H24F3N9O. The van der Waals surface area contributed by atoms with Gasteiger partial charge < -0.3 is 4.90 Å². The quantitative estimate of drug-likeness (QED) is 0.306. The van der Waals surface area contributed by atoms with Gasteiger partial charge in [0.15, 0.2) is 11.5 Å². The van der Waals surface area contributed by atoms with E-state index in [1.807, 2.05) is 19.0 Å². The van der Waals surface area contributed by atoms with Crippen molar-refractivity contribution < 1.29 is 18.0 Å². The minimum atomic E-state index is -4.55. The number of carbonyl (C=O) groups excluding carboxylic acids is 1. The fourth-order valence-electron chi connectivity index (χ4n) is 4.38. The zero-order valence-corrected chi connectivity index (χ0v) is 22.3. The van der Waals surface area contributed by atoms with Crippen LogP contribution in [0, 0.1) is 18.3 Å². The average molecular weight is 560 g/mol. The summed E-state index contributed by atoms with van der Waals surface area (Å²) in [6.07, 6.45) is -1.33. The Hall–Kier alpha value is -5.09. The van der Waals surface area contributed by atoms with E-state index >= 15 is 0 Å². The van der Waals surface area contributed by atoms with Crippen LogP contribution in [0.4, 0.5) is 19.1 Å². The van der Waals surface area contributed by atoms with Gasteiger partial charge in [-0.05, 0) is 68.5 Å². The summed E-state index contributed by atoms with van der Waals surface area (Å²) in [5, 5.41) is 20.6. The van der Waals surface area contributed by atoms with E-state index in [2.05, 4.69) is 31.6 Å². The standard InChI is InChI=1S/C28H24F3N9O/c1-17-22(25-33-16-34-40(25)21-9-7-18(14-32)8-10-21)15-39-26(36-27(37-39)35-23(41)11-12-38(2)3)24(17)19-5-4-6-20(13-19)28(29,30)31/h4-10,13,15-16H,11-12H2,1-3H3,(H,35,37,41). The number of carbonyl (C=O) groups is 1. The van der Waals surface area contributed by atoms with Gasteiger partial charge in [0.05, 0.1) is 22.9 Å². The summed E-state index contributed by atoms with van der Waals surface area (Å²) in [6.45, 7) is 2.27. The van der Waals surface area contributed by atoms with Crippen LogP contribution in [0.5, 0.6) is 0 Å². The molecule has 0 aliphatic heterocycles. The number of hydrogen-bond acceptors (Lipinski definition) is 7. The van der Waals surface area contributed by atoms with Gasteiger partial charge in [0.1, 0.15) is 6.33 Å². The summed E-state index contributed by atoms with van der Waals surface area (Å²) in [4.78, 5) is 23.3. The Morgan fingerprint density at radius 3 is 2.59 bits per heavy atom. The SMILES string of the molecule is Cc1c(-c2ncnn2-c2ccc(C#N)cc2)cn2nc(NC(=O)CCN(C)C)nc2c1-c1cccc(C(F)(F)F)c1. The number of aromatic nitrogens is 6. The number of hydrogen-bond donors (Lipinski definition) is 1. The zero-order valence-electron chi connectivity index (χ0n) is 22.3. The van der Waals surface area contributed by atoms with Crippen LogP contribution in [0.2, 0.25) is 0 Å². The molecule has 0 aliphatic rings. The number of alkyl halides is 3. The number of pyridine rings is 1. The molecule has 2 aromatic carbocycles. The van der Waals surface area contributed by atoms with Crippen molar-refractivity contribution in [1.29, 1.82) is 5.26 Å². The maximum atomic E-state index is 13.6. The highest BCUT2D eigenvalue weighted by atomic mass is 19.4. The van der Waals surface area contributed by atoms with E-state index in [1.54, 1.807) is 48.1 Å². The Morgan fingerprint density at radius 2 is 1.90 bits per heavy atom. The van der Waals surface area contributed by atoms with Crippen molar-refractivity contribution >= 4 is 17.5 Å². The van der Waals surface area contributed by atoms with Crippen molar-refractivity contribution in [2.45, 2.75) is 19.5 Å². The molecular weight excluding hydrogens is 535 g/mol. The van der Waals surface area contributed by atoms with Crippen molar-refractivity contribution in [2.75, 3.05) is 26.0 Å². The fourth-order valence-corrected chi connectivity index (χ4v) is 4.38. The molecule has 1 amide bonds. The lowest BCUT2D eigenvalue weighted by atomic mass is 9.96. The topological polar surface area (TPSA) is 117 Å². The first-order chi connectivity index (χ1) is 19.5. The molecule has 0 aliphatic carbocycles. The van der Waals surface area contributed by atoms with Gasteiger partial charge in [0.2, 0.25) is 11.9 Å². The number of rotatable bonds is 7. The van der Waals surface area contributed by atoms with E-state index < -0.39 is 11.7 Å². The third-order valence-electron chi connectivity index (χ3n) is 6.43. The minimum Gasteiger partial charge on any atom is -0.309 e. The Bertz CT molecular complexity index is 1780. The predicted molar refractivity (Wildman–Crippen MR) is 145 cm³/mol. The van der Waals surface area contributed by atoms with E-state index in [0.717, 1.165) is 12.1 Å². The Morgan fingerprint density at radius 1 is 1.15 bits per heavy atom. The second-order valence-corrected chi connectivity index (χ2v) is 9.58. The van der Waals surface area contributed by atoms with Gasteiger partial charge in [0, 0.05) is 30.3 Å². The number of nitrogens with zero attached hydrogens (tertiary/aromatic N) is 8. The van der Waals surface area contributed by atoms with Gasteiger partial charge >= 0.3 is 6.18 Å². The van der Waals surface area contributed by atoms with Gasteiger partial charge in [-0.1, -0.05) is 12.1 Å². The van der Waals surface area contributed by atoms with Crippen LogP contribution in [-0.4, -0.2) is 60.8 Å². The molecule has 0 saturated heterocycles. The highest BCUT2D eigenvalue weighted by Gasteiger charge is 2.31. The van der Waals surface area contributed by atoms with Crippen molar-refractivity contribution in [3.8, 4) is 34.3 Å². The summed E-state index contributed by atoms with van der Waals surface area (Å²) in [5.74, 6) is 0.120. The first-order valence-corrected chi connectivity index (χ1v) is 12.5. The molecule has 0 saturated carbocycles. The van der Waals surface area contributed by atoms with Crippen LogP contribution in [0.15, 0.2) is 61.1 Å². The largest absolute Gasteiger partial charge is 0.416 e. The molecule has 0 atom stereocenters. The third-order valence-corrected chi connectivity index (χ3v) is 6.43. The molecule has 208 valence electrons. The molecule has 41 heavy (non-hydrogen) atoms. The van der Waals surface area contributed by atoms with Crippen LogP contribution in [-0.2, 0) is 11.0 Å². The number of anilines is 1. The number of halogens is 3. The summed E-state index contributed by atoms with van der Waals surface area (Å²) >= 11 is 0. The summed E-state index contributed by atoms with van der Waals surface area (Å²) < 4.78 is 43.9. The zero-order chi connectivity index (χ0) is 29.3. The van der Waals surface area contributed by atoms with Gasteiger partial charge in [-0.2, -0.15) is 28.5 Å². The number of nitriles is 1. The molecule has 10 nitrogen and oxygen atoms in total. The number of nitrogens with one attached hydrogen (secondary N) is 1. The van der Waals surface area contributed by atoms with Gasteiger partial charge in [0.25, 0.3) is 0 Å². The monoisotopic (exact) mass is 559 g/mol. The molecule has 3 heterocycles. The lowest BCUT2D eigenvalue weighted by Gasteiger charge is -2.15. The molecule has 3 aromatic heterocycles. The van der Waals surface area contributed by atoms with E-state index in [-0.39, 0.29) is 29.5 Å². The first-order valence-electron chi connectivity index (χ1n) is 12.5. The second kappa shape index (κ2) is 10.8. The maximum Gasteiger partial charge on any atom is 0.416 e. The molecule has 1 N–H and O–H groups in total. The molecule has 5 aromatic rings. The van der Waals surface area contributed by atoms with Gasteiger partial charge in [-0.15, -0.1) is 5.10 Å². The lowest BCUT2D eigenvalue weighted by molar-refractivity contribution is -0.137. The number of fused-ring (bicyclic) bond motifs is 1. The highest BCUT2D eigenvalue weighted by molar-refractivity contribution is 5.91. The predicted octanol–water partition coefficient (Wildman–Crippen LogP) is 4.73.